The predicted octanol–water partition coefficient (Wildman–Crippen LogP) is 2.91. The van der Waals surface area contributed by atoms with E-state index in [9.17, 15) is 9.59 Å². The van der Waals surface area contributed by atoms with E-state index in [0.717, 1.165) is 6.42 Å². The van der Waals surface area contributed by atoms with Gasteiger partial charge in [-0.05, 0) is 25.3 Å². The van der Waals surface area contributed by atoms with E-state index in [4.69, 9.17) is 27.9 Å². The number of pyridine rings is 1. The maximum Gasteiger partial charge on any atom is 0.309 e. The lowest BCUT2D eigenvalue weighted by Gasteiger charge is -2.13. The average Bonchev–Trinajstić information content (AvgIpc) is 3.10. The third-order valence-corrected chi connectivity index (χ3v) is 3.62. The summed E-state index contributed by atoms with van der Waals surface area (Å²) in [6.45, 7) is 3.47. The number of rotatable bonds is 4. The first-order valence-electron chi connectivity index (χ1n) is 6.21. The van der Waals surface area contributed by atoms with E-state index in [2.05, 4.69) is 10.3 Å². The van der Waals surface area contributed by atoms with E-state index in [-0.39, 0.29) is 22.7 Å². The van der Waals surface area contributed by atoms with Crippen LogP contribution in [0.3, 0.4) is 0 Å². The Morgan fingerprint density at radius 2 is 2.15 bits per heavy atom. The number of halogens is 2. The molecule has 1 fully saturated rings. The highest BCUT2D eigenvalue weighted by atomic mass is 35.5. The highest BCUT2D eigenvalue weighted by Gasteiger charge is 2.41. The van der Waals surface area contributed by atoms with Crippen LogP contribution in [0, 0.1) is 11.8 Å². The fourth-order valence-corrected chi connectivity index (χ4v) is 2.12. The normalized spacial score (nSPS) is 22.0. The predicted molar refractivity (Wildman–Crippen MR) is 75.7 cm³/mol. The SMILES string of the molecule is C[C@H](OC(=O)[C@H]1C[C@@H]1C)C(=O)Nc1ncc(Cl)cc1Cl. The van der Waals surface area contributed by atoms with Gasteiger partial charge in [0.1, 0.15) is 0 Å². The summed E-state index contributed by atoms with van der Waals surface area (Å²) >= 11 is 11.6. The number of anilines is 1. The Hall–Kier alpha value is -1.33. The molecule has 1 aliphatic carbocycles. The lowest BCUT2D eigenvalue weighted by atomic mass is 10.3. The fourth-order valence-electron chi connectivity index (χ4n) is 1.69. The molecule has 0 saturated heterocycles. The molecule has 1 aliphatic rings. The quantitative estimate of drug-likeness (QED) is 0.867. The standard InChI is InChI=1S/C13H14Cl2N2O3/c1-6-3-9(6)13(19)20-7(2)12(18)17-11-10(15)4-8(14)5-16-11/h4-7,9H,3H2,1-2H3,(H,16,17,18)/t6-,7-,9-/m0/s1. The van der Waals surface area contributed by atoms with Crippen molar-refractivity contribution in [1.29, 1.82) is 0 Å². The molecule has 0 bridgehead atoms. The highest BCUT2D eigenvalue weighted by Crippen LogP contribution is 2.38. The van der Waals surface area contributed by atoms with Gasteiger partial charge >= 0.3 is 5.97 Å². The van der Waals surface area contributed by atoms with Gasteiger partial charge in [-0.3, -0.25) is 9.59 Å². The summed E-state index contributed by atoms with van der Waals surface area (Å²) in [6, 6.07) is 1.47. The number of esters is 1. The number of hydrogen-bond acceptors (Lipinski definition) is 4. The smallest absolute Gasteiger partial charge is 0.309 e. The molecule has 0 radical (unpaired) electrons. The van der Waals surface area contributed by atoms with Crippen molar-refractivity contribution in [2.75, 3.05) is 5.32 Å². The maximum atomic E-state index is 11.9. The molecule has 0 aromatic carbocycles. The molecule has 1 aromatic rings. The van der Waals surface area contributed by atoms with Crippen molar-refractivity contribution in [3.05, 3.63) is 22.3 Å². The number of carbonyl (C=O) groups is 2. The summed E-state index contributed by atoms with van der Waals surface area (Å²) in [5, 5.41) is 3.09. The van der Waals surface area contributed by atoms with Gasteiger partial charge in [-0.15, -0.1) is 0 Å². The van der Waals surface area contributed by atoms with Crippen LogP contribution in [0.4, 0.5) is 5.82 Å². The van der Waals surface area contributed by atoms with Gasteiger partial charge < -0.3 is 10.1 Å². The first-order chi connectivity index (χ1) is 9.38. The van der Waals surface area contributed by atoms with Crippen molar-refractivity contribution in [2.45, 2.75) is 26.4 Å². The zero-order valence-corrected chi connectivity index (χ0v) is 12.5. The molecule has 2 rings (SSSR count). The van der Waals surface area contributed by atoms with E-state index in [1.54, 1.807) is 0 Å². The van der Waals surface area contributed by atoms with Crippen LogP contribution in [0.15, 0.2) is 12.3 Å². The van der Waals surface area contributed by atoms with Gasteiger partial charge in [0.05, 0.1) is 16.0 Å². The number of aromatic nitrogens is 1. The van der Waals surface area contributed by atoms with Crippen LogP contribution in [0.25, 0.3) is 0 Å². The van der Waals surface area contributed by atoms with Crippen LogP contribution in [-0.4, -0.2) is 23.0 Å². The summed E-state index contributed by atoms with van der Waals surface area (Å²) < 4.78 is 5.09. The molecule has 1 heterocycles. The Morgan fingerprint density at radius 1 is 1.50 bits per heavy atom. The van der Waals surface area contributed by atoms with Crippen LogP contribution < -0.4 is 5.32 Å². The summed E-state index contributed by atoms with van der Waals surface area (Å²) in [5.41, 5.74) is 0. The fraction of sp³-hybridized carbons (Fsp3) is 0.462. The Balaban J connectivity index is 1.92. The molecule has 1 N–H and O–H groups in total. The Labute approximate surface area is 126 Å². The largest absolute Gasteiger partial charge is 0.452 e. The van der Waals surface area contributed by atoms with Crippen molar-refractivity contribution in [3.63, 3.8) is 0 Å². The van der Waals surface area contributed by atoms with Crippen LogP contribution in [0.5, 0.6) is 0 Å². The third-order valence-electron chi connectivity index (χ3n) is 3.12. The zero-order valence-electron chi connectivity index (χ0n) is 11.0. The van der Waals surface area contributed by atoms with Crippen LogP contribution >= 0.6 is 23.2 Å². The molecule has 0 spiro atoms. The second kappa shape index (κ2) is 5.97. The minimum Gasteiger partial charge on any atom is -0.452 e. The third kappa shape index (κ3) is 3.61. The zero-order chi connectivity index (χ0) is 14.9. The Morgan fingerprint density at radius 3 is 2.70 bits per heavy atom. The Kier molecular flexibility index (Phi) is 4.50. The van der Waals surface area contributed by atoms with Gasteiger partial charge in [0.25, 0.3) is 5.91 Å². The molecule has 0 unspecified atom stereocenters. The van der Waals surface area contributed by atoms with Crippen molar-refractivity contribution in [3.8, 4) is 0 Å². The van der Waals surface area contributed by atoms with E-state index >= 15 is 0 Å². The van der Waals surface area contributed by atoms with E-state index in [1.165, 1.54) is 19.2 Å². The number of amides is 1. The topological polar surface area (TPSA) is 68.3 Å². The second-order valence-corrected chi connectivity index (χ2v) is 5.72. The molecular formula is C13H14Cl2N2O3. The number of hydrogen-bond donors (Lipinski definition) is 1. The van der Waals surface area contributed by atoms with Crippen LogP contribution in [0.1, 0.15) is 20.3 Å². The lowest BCUT2D eigenvalue weighted by Crippen LogP contribution is -2.31. The molecule has 3 atom stereocenters. The van der Waals surface area contributed by atoms with Gasteiger partial charge in [0, 0.05) is 6.20 Å². The van der Waals surface area contributed by atoms with E-state index in [1.807, 2.05) is 6.92 Å². The molecular weight excluding hydrogens is 303 g/mol. The van der Waals surface area contributed by atoms with Gasteiger partial charge in [0.15, 0.2) is 11.9 Å². The highest BCUT2D eigenvalue weighted by molar-refractivity contribution is 6.36. The van der Waals surface area contributed by atoms with Gasteiger partial charge in [-0.1, -0.05) is 30.1 Å². The number of nitrogens with zero attached hydrogens (tertiary/aromatic N) is 1. The molecule has 0 aliphatic heterocycles. The van der Waals surface area contributed by atoms with Crippen LogP contribution in [-0.2, 0) is 14.3 Å². The molecule has 20 heavy (non-hydrogen) atoms. The van der Waals surface area contributed by atoms with Crippen molar-refractivity contribution in [2.24, 2.45) is 11.8 Å². The molecule has 7 heteroatoms. The maximum absolute atomic E-state index is 11.9. The summed E-state index contributed by atoms with van der Waals surface area (Å²) in [5.74, 6) is -0.380. The monoisotopic (exact) mass is 316 g/mol. The molecule has 1 amide bonds. The van der Waals surface area contributed by atoms with Gasteiger partial charge in [-0.2, -0.15) is 0 Å². The molecule has 5 nitrogen and oxygen atoms in total. The summed E-state index contributed by atoms with van der Waals surface area (Å²) in [4.78, 5) is 27.4. The molecule has 1 saturated carbocycles. The van der Waals surface area contributed by atoms with E-state index in [0.29, 0.717) is 10.9 Å². The minimum absolute atomic E-state index is 0.0810. The Bertz CT molecular complexity index is 550. The van der Waals surface area contributed by atoms with Crippen molar-refractivity contribution in [1.82, 2.24) is 4.98 Å². The molecule has 108 valence electrons. The molecule has 1 aromatic heterocycles. The minimum atomic E-state index is -0.899. The summed E-state index contributed by atoms with van der Waals surface area (Å²) in [6.07, 6.45) is 1.28. The van der Waals surface area contributed by atoms with Crippen LogP contribution in [0.2, 0.25) is 10.0 Å². The number of nitrogens with one attached hydrogen (secondary N) is 1. The number of ether oxygens (including phenoxy) is 1. The van der Waals surface area contributed by atoms with Gasteiger partial charge in [0.2, 0.25) is 0 Å². The van der Waals surface area contributed by atoms with E-state index < -0.39 is 12.0 Å². The second-order valence-electron chi connectivity index (χ2n) is 4.87. The van der Waals surface area contributed by atoms with Gasteiger partial charge in [-0.25, -0.2) is 4.98 Å². The first-order valence-corrected chi connectivity index (χ1v) is 6.96. The lowest BCUT2D eigenvalue weighted by molar-refractivity contribution is -0.154. The first kappa shape index (κ1) is 15.1. The van der Waals surface area contributed by atoms with Crippen molar-refractivity contribution < 1.29 is 14.3 Å². The average molecular weight is 317 g/mol. The summed E-state index contributed by atoms with van der Waals surface area (Å²) in [7, 11) is 0. The van der Waals surface area contributed by atoms with Crippen molar-refractivity contribution >= 4 is 40.9 Å². The number of carbonyl (C=O) groups excluding carboxylic acids is 2.